The first-order valence-corrected chi connectivity index (χ1v) is 18.1. The Morgan fingerprint density at radius 1 is 0.300 bits per heavy atom. The molecule has 0 unspecified atom stereocenters. The number of benzene rings is 9. The van der Waals surface area contributed by atoms with Gasteiger partial charge in [0, 0.05) is 9.79 Å². The Bertz CT molecular complexity index is 2610. The average Bonchev–Trinajstić information content (AvgIpc) is 3.20. The monoisotopic (exact) mass is 652 g/mol. The van der Waals surface area contributed by atoms with E-state index in [9.17, 15) is 0 Å². The van der Waals surface area contributed by atoms with Gasteiger partial charge in [0.05, 0.1) is 5.41 Å². The lowest BCUT2D eigenvalue weighted by atomic mass is 9.62. The van der Waals surface area contributed by atoms with Gasteiger partial charge in [0.1, 0.15) is 0 Å². The Hall–Kier alpha value is -5.89. The van der Waals surface area contributed by atoms with Gasteiger partial charge in [0.15, 0.2) is 0 Å². The molecule has 0 aromatic heterocycles. The number of hydrogen-bond donors (Lipinski definition) is 0. The molecule has 1 heteroatoms. The molecule has 1 aliphatic heterocycles. The van der Waals surface area contributed by atoms with E-state index in [-0.39, 0.29) is 0 Å². The molecule has 234 valence electrons. The van der Waals surface area contributed by atoms with Crippen LogP contribution >= 0.6 is 11.8 Å². The largest absolute Gasteiger partial charge is 0.0894 e. The van der Waals surface area contributed by atoms with Crippen molar-refractivity contribution >= 4 is 44.1 Å². The zero-order chi connectivity index (χ0) is 33.1. The highest BCUT2D eigenvalue weighted by molar-refractivity contribution is 7.99. The quantitative estimate of drug-likeness (QED) is 0.182. The summed E-state index contributed by atoms with van der Waals surface area (Å²) in [6.45, 7) is 0. The van der Waals surface area contributed by atoms with Gasteiger partial charge in [-0.25, -0.2) is 0 Å². The molecule has 0 fully saturated rings. The Labute approximate surface area is 296 Å². The lowest BCUT2D eigenvalue weighted by Gasteiger charge is -2.43. The maximum atomic E-state index is 2.40. The Morgan fingerprint density at radius 2 is 0.740 bits per heavy atom. The van der Waals surface area contributed by atoms with Crippen LogP contribution < -0.4 is 0 Å². The highest BCUT2D eigenvalue weighted by atomic mass is 32.2. The first-order chi connectivity index (χ1) is 24.8. The van der Waals surface area contributed by atoms with Gasteiger partial charge in [-0.1, -0.05) is 194 Å². The van der Waals surface area contributed by atoms with Gasteiger partial charge in [-0.3, -0.25) is 0 Å². The van der Waals surface area contributed by atoms with Crippen molar-refractivity contribution in [1.82, 2.24) is 0 Å². The van der Waals surface area contributed by atoms with E-state index >= 15 is 0 Å². The maximum absolute atomic E-state index is 2.40. The SMILES string of the molecule is c1ccc(-c2ccc(C3(c4ccc(-c5cccc6ccccc56)cc4)c4c(ccc5ccccc45)Sc4ccc5ccccc5c43)cc2)cc1. The van der Waals surface area contributed by atoms with Crippen LogP contribution in [0.3, 0.4) is 0 Å². The summed E-state index contributed by atoms with van der Waals surface area (Å²) < 4.78 is 0. The lowest BCUT2D eigenvalue weighted by molar-refractivity contribution is 0.718. The standard InChI is InChI=1S/C49H32S/c1-2-11-33(12-3-1)34-21-27-39(28-22-34)49(40-29-23-38(24-30-40)42-20-10-16-35-13-4-7-17-41(35)42)47-43-18-8-5-14-36(43)25-31-45(47)50-46-32-26-37-15-6-9-19-44(37)48(46)49/h1-32H. The van der Waals surface area contributed by atoms with Crippen molar-refractivity contribution in [2.75, 3.05) is 0 Å². The molecule has 0 bridgehead atoms. The topological polar surface area (TPSA) is 0 Å². The molecule has 50 heavy (non-hydrogen) atoms. The van der Waals surface area contributed by atoms with Gasteiger partial charge in [0.25, 0.3) is 0 Å². The van der Waals surface area contributed by atoms with Crippen LogP contribution in [0.25, 0.3) is 54.6 Å². The van der Waals surface area contributed by atoms with Crippen LogP contribution in [-0.2, 0) is 5.41 Å². The molecule has 0 saturated carbocycles. The normalized spacial score (nSPS) is 13.3. The van der Waals surface area contributed by atoms with Crippen molar-refractivity contribution in [3.63, 3.8) is 0 Å². The first-order valence-electron chi connectivity index (χ1n) is 17.3. The van der Waals surface area contributed by atoms with E-state index in [1.165, 1.54) is 86.6 Å². The molecule has 0 saturated heterocycles. The summed E-state index contributed by atoms with van der Waals surface area (Å²) in [5, 5.41) is 7.63. The van der Waals surface area contributed by atoms with Gasteiger partial charge < -0.3 is 0 Å². The van der Waals surface area contributed by atoms with Gasteiger partial charge in [0.2, 0.25) is 0 Å². The molecular formula is C49H32S. The smallest absolute Gasteiger partial charge is 0.0735 e. The zero-order valence-electron chi connectivity index (χ0n) is 27.4. The third kappa shape index (κ3) is 4.40. The summed E-state index contributed by atoms with van der Waals surface area (Å²) in [7, 11) is 0. The third-order valence-corrected chi connectivity index (χ3v) is 11.7. The predicted molar refractivity (Wildman–Crippen MR) is 212 cm³/mol. The highest BCUT2D eigenvalue weighted by Crippen LogP contribution is 2.59. The maximum Gasteiger partial charge on any atom is 0.0735 e. The molecule has 9 aromatic rings. The molecule has 0 spiro atoms. The molecule has 0 N–H and O–H groups in total. The first kappa shape index (κ1) is 29.1. The Kier molecular flexibility index (Phi) is 6.75. The minimum Gasteiger partial charge on any atom is -0.0894 e. The van der Waals surface area contributed by atoms with Crippen molar-refractivity contribution in [2.24, 2.45) is 0 Å². The van der Waals surface area contributed by atoms with Crippen LogP contribution in [0.2, 0.25) is 0 Å². The third-order valence-electron chi connectivity index (χ3n) is 10.6. The number of hydrogen-bond acceptors (Lipinski definition) is 1. The molecule has 0 amide bonds. The average molecular weight is 653 g/mol. The van der Waals surface area contributed by atoms with Gasteiger partial charge in [-0.15, -0.1) is 0 Å². The summed E-state index contributed by atoms with van der Waals surface area (Å²) in [6, 6.07) is 72.0. The molecule has 0 nitrogen and oxygen atoms in total. The molecule has 0 atom stereocenters. The minimum absolute atomic E-state index is 0.579. The van der Waals surface area contributed by atoms with E-state index in [2.05, 4.69) is 194 Å². The van der Waals surface area contributed by atoms with Crippen molar-refractivity contribution in [1.29, 1.82) is 0 Å². The second-order valence-electron chi connectivity index (χ2n) is 13.2. The predicted octanol–water partition coefficient (Wildman–Crippen LogP) is 13.3. The fraction of sp³-hybridized carbons (Fsp3) is 0.0204. The highest BCUT2D eigenvalue weighted by Gasteiger charge is 2.46. The summed E-state index contributed by atoms with van der Waals surface area (Å²) in [6.07, 6.45) is 0. The minimum atomic E-state index is -0.579. The molecule has 0 radical (unpaired) electrons. The molecule has 0 aliphatic carbocycles. The van der Waals surface area contributed by atoms with Crippen molar-refractivity contribution in [3.05, 3.63) is 216 Å². The van der Waals surface area contributed by atoms with E-state index < -0.39 is 5.41 Å². The van der Waals surface area contributed by atoms with Gasteiger partial charge >= 0.3 is 0 Å². The van der Waals surface area contributed by atoms with E-state index in [1.807, 2.05) is 11.8 Å². The van der Waals surface area contributed by atoms with E-state index in [0.29, 0.717) is 0 Å². The molecule has 1 aliphatic rings. The summed E-state index contributed by atoms with van der Waals surface area (Å²) >= 11 is 1.91. The second-order valence-corrected chi connectivity index (χ2v) is 14.3. The Morgan fingerprint density at radius 3 is 1.32 bits per heavy atom. The molecular weight excluding hydrogens is 621 g/mol. The summed E-state index contributed by atoms with van der Waals surface area (Å²) in [5.74, 6) is 0. The van der Waals surface area contributed by atoms with Crippen molar-refractivity contribution in [2.45, 2.75) is 15.2 Å². The second kappa shape index (κ2) is 11.6. The van der Waals surface area contributed by atoms with Crippen molar-refractivity contribution in [3.8, 4) is 22.3 Å². The molecule has 9 aromatic carbocycles. The van der Waals surface area contributed by atoms with Crippen LogP contribution in [-0.4, -0.2) is 0 Å². The van der Waals surface area contributed by atoms with Gasteiger partial charge in [-0.05, 0) is 89.0 Å². The van der Waals surface area contributed by atoms with Crippen LogP contribution in [0, 0.1) is 0 Å². The zero-order valence-corrected chi connectivity index (χ0v) is 28.2. The fourth-order valence-electron chi connectivity index (χ4n) is 8.35. The number of rotatable bonds is 4. The number of fused-ring (bicyclic) bond motifs is 7. The summed E-state index contributed by atoms with van der Waals surface area (Å²) in [4.78, 5) is 2.61. The molecule has 1 heterocycles. The van der Waals surface area contributed by atoms with Crippen LogP contribution in [0.5, 0.6) is 0 Å². The van der Waals surface area contributed by atoms with Gasteiger partial charge in [-0.2, -0.15) is 0 Å². The van der Waals surface area contributed by atoms with E-state index in [1.54, 1.807) is 0 Å². The molecule has 10 rings (SSSR count). The van der Waals surface area contributed by atoms with Crippen LogP contribution in [0.15, 0.2) is 204 Å². The van der Waals surface area contributed by atoms with Crippen molar-refractivity contribution < 1.29 is 0 Å². The summed E-state index contributed by atoms with van der Waals surface area (Å²) in [5.41, 5.74) is 9.60. The Balaban J connectivity index is 1.32. The van der Waals surface area contributed by atoms with Crippen LogP contribution in [0.1, 0.15) is 22.3 Å². The van der Waals surface area contributed by atoms with E-state index in [4.69, 9.17) is 0 Å². The fourth-order valence-corrected chi connectivity index (χ4v) is 9.59. The van der Waals surface area contributed by atoms with E-state index in [0.717, 1.165) is 0 Å². The lowest BCUT2D eigenvalue weighted by Crippen LogP contribution is -2.34. The van der Waals surface area contributed by atoms with Crippen LogP contribution in [0.4, 0.5) is 0 Å².